The third-order valence-corrected chi connectivity index (χ3v) is 4.21. The molecule has 2 rings (SSSR count). The number of primary sulfonamides is 1. The molecule has 1 saturated heterocycles. The van der Waals surface area contributed by atoms with E-state index in [0.717, 1.165) is 11.3 Å². The third kappa shape index (κ3) is 2.32. The normalized spacial score (nSPS) is 20.9. The molecule has 1 aliphatic rings. The van der Waals surface area contributed by atoms with Gasteiger partial charge in [-0.2, -0.15) is 0 Å². The van der Waals surface area contributed by atoms with Crippen LogP contribution < -0.4 is 10.0 Å². The number of amides is 1. The van der Waals surface area contributed by atoms with Crippen molar-refractivity contribution >= 4 is 21.6 Å². The standard InChI is InChI=1S/C11H14N2O3S/c1-8-4-2-3-5-10(8)13-7-9(6-11(13)14)17(12,15)16/h2-5,9H,6-7H2,1H3,(H2,12,15,16). The molecule has 92 valence electrons. The Kier molecular flexibility index (Phi) is 2.92. The summed E-state index contributed by atoms with van der Waals surface area (Å²) in [6.45, 7) is 2.02. The van der Waals surface area contributed by atoms with Crippen molar-refractivity contribution in [1.29, 1.82) is 0 Å². The molecular weight excluding hydrogens is 240 g/mol. The summed E-state index contributed by atoms with van der Waals surface area (Å²) >= 11 is 0. The minimum Gasteiger partial charge on any atom is -0.311 e. The maximum Gasteiger partial charge on any atom is 0.228 e. The zero-order chi connectivity index (χ0) is 12.6. The van der Waals surface area contributed by atoms with Gasteiger partial charge in [0.2, 0.25) is 15.9 Å². The van der Waals surface area contributed by atoms with Gasteiger partial charge < -0.3 is 4.90 Å². The van der Waals surface area contributed by atoms with Crippen molar-refractivity contribution in [1.82, 2.24) is 0 Å². The summed E-state index contributed by atoms with van der Waals surface area (Å²) in [7, 11) is -3.65. The molecule has 1 fully saturated rings. The van der Waals surface area contributed by atoms with Crippen LogP contribution in [0.5, 0.6) is 0 Å². The van der Waals surface area contributed by atoms with Crippen molar-refractivity contribution in [3.63, 3.8) is 0 Å². The van der Waals surface area contributed by atoms with Crippen molar-refractivity contribution in [2.24, 2.45) is 5.14 Å². The summed E-state index contributed by atoms with van der Waals surface area (Å²) < 4.78 is 22.5. The number of rotatable bonds is 2. The van der Waals surface area contributed by atoms with Gasteiger partial charge in [-0.1, -0.05) is 18.2 Å². The lowest BCUT2D eigenvalue weighted by Gasteiger charge is -2.18. The molecule has 6 heteroatoms. The molecule has 1 heterocycles. The van der Waals surface area contributed by atoms with Gasteiger partial charge in [-0.05, 0) is 18.6 Å². The van der Waals surface area contributed by atoms with Crippen molar-refractivity contribution in [2.75, 3.05) is 11.4 Å². The fraction of sp³-hybridized carbons (Fsp3) is 0.364. The maximum atomic E-state index is 11.8. The van der Waals surface area contributed by atoms with Crippen LogP contribution in [0.1, 0.15) is 12.0 Å². The van der Waals surface area contributed by atoms with E-state index in [1.54, 1.807) is 6.07 Å². The van der Waals surface area contributed by atoms with E-state index in [1.165, 1.54) is 4.90 Å². The molecule has 5 nitrogen and oxygen atoms in total. The number of sulfonamides is 1. The first-order valence-electron chi connectivity index (χ1n) is 5.27. The number of hydrogen-bond acceptors (Lipinski definition) is 3. The molecule has 1 unspecified atom stereocenters. The summed E-state index contributed by atoms with van der Waals surface area (Å²) in [4.78, 5) is 13.3. The summed E-state index contributed by atoms with van der Waals surface area (Å²) in [5, 5.41) is 4.28. The minimum absolute atomic E-state index is 0.0346. The number of carbonyl (C=O) groups excluding carboxylic acids is 1. The minimum atomic E-state index is -3.65. The van der Waals surface area contributed by atoms with Crippen LogP contribution >= 0.6 is 0 Å². The van der Waals surface area contributed by atoms with Gasteiger partial charge in [0, 0.05) is 18.7 Å². The highest BCUT2D eigenvalue weighted by atomic mass is 32.2. The average molecular weight is 254 g/mol. The van der Waals surface area contributed by atoms with Crippen LogP contribution in [0.15, 0.2) is 24.3 Å². The fourth-order valence-corrected chi connectivity index (χ4v) is 2.73. The number of para-hydroxylation sites is 1. The zero-order valence-electron chi connectivity index (χ0n) is 9.46. The number of anilines is 1. The number of carbonyl (C=O) groups is 1. The molecular formula is C11H14N2O3S. The molecule has 1 amide bonds. The molecule has 2 N–H and O–H groups in total. The molecule has 0 aliphatic carbocycles. The Morgan fingerprint density at radius 1 is 1.35 bits per heavy atom. The molecule has 0 bridgehead atoms. The van der Waals surface area contributed by atoms with Crippen molar-refractivity contribution in [2.45, 2.75) is 18.6 Å². The van der Waals surface area contributed by atoms with E-state index < -0.39 is 15.3 Å². The number of aryl methyl sites for hydroxylation is 1. The molecule has 0 spiro atoms. The summed E-state index contributed by atoms with van der Waals surface area (Å²) in [6, 6.07) is 7.38. The van der Waals surface area contributed by atoms with Gasteiger partial charge >= 0.3 is 0 Å². The fourth-order valence-electron chi connectivity index (χ4n) is 1.99. The van der Waals surface area contributed by atoms with Gasteiger partial charge in [0.15, 0.2) is 0 Å². The van der Waals surface area contributed by atoms with E-state index in [0.29, 0.717) is 0 Å². The van der Waals surface area contributed by atoms with Gasteiger partial charge in [-0.25, -0.2) is 13.6 Å². The second kappa shape index (κ2) is 4.12. The summed E-state index contributed by atoms with van der Waals surface area (Å²) in [5.74, 6) is -0.196. The molecule has 1 atom stereocenters. The first-order valence-corrected chi connectivity index (χ1v) is 6.88. The second-order valence-corrected chi connectivity index (χ2v) is 6.05. The predicted octanol–water partition coefficient (Wildman–Crippen LogP) is 0.389. The highest BCUT2D eigenvalue weighted by Gasteiger charge is 2.37. The van der Waals surface area contributed by atoms with Crippen LogP contribution in [0, 0.1) is 6.92 Å². The zero-order valence-corrected chi connectivity index (χ0v) is 10.3. The third-order valence-electron chi connectivity index (χ3n) is 2.96. The van der Waals surface area contributed by atoms with Gasteiger partial charge in [0.05, 0.1) is 0 Å². The van der Waals surface area contributed by atoms with Crippen LogP contribution in [-0.4, -0.2) is 26.1 Å². The van der Waals surface area contributed by atoms with Gasteiger partial charge in [0.1, 0.15) is 5.25 Å². The second-order valence-electron chi connectivity index (χ2n) is 4.21. The van der Waals surface area contributed by atoms with E-state index >= 15 is 0 Å². The number of benzene rings is 1. The number of hydrogen-bond donors (Lipinski definition) is 1. The van der Waals surface area contributed by atoms with Crippen LogP contribution in [0.4, 0.5) is 5.69 Å². The molecule has 17 heavy (non-hydrogen) atoms. The quantitative estimate of drug-likeness (QED) is 0.829. The molecule has 0 radical (unpaired) electrons. The van der Waals surface area contributed by atoms with E-state index in [2.05, 4.69) is 0 Å². The first kappa shape index (κ1) is 12.1. The summed E-state index contributed by atoms with van der Waals surface area (Å²) in [5.41, 5.74) is 1.69. The number of nitrogens with two attached hydrogens (primary N) is 1. The Balaban J connectivity index is 2.31. The lowest BCUT2D eigenvalue weighted by Crippen LogP contribution is -2.32. The van der Waals surface area contributed by atoms with Crippen molar-refractivity contribution in [3.8, 4) is 0 Å². The van der Waals surface area contributed by atoms with E-state index in [-0.39, 0.29) is 18.9 Å². The summed E-state index contributed by atoms with van der Waals surface area (Å²) in [6.07, 6.45) is -0.0346. The monoisotopic (exact) mass is 254 g/mol. The maximum absolute atomic E-state index is 11.8. The van der Waals surface area contributed by atoms with E-state index in [4.69, 9.17) is 5.14 Å². The lowest BCUT2D eigenvalue weighted by molar-refractivity contribution is -0.117. The van der Waals surface area contributed by atoms with Crippen molar-refractivity contribution in [3.05, 3.63) is 29.8 Å². The molecule has 0 saturated carbocycles. The first-order chi connectivity index (χ1) is 7.89. The van der Waals surface area contributed by atoms with Crippen LogP contribution in [0.2, 0.25) is 0 Å². The number of nitrogens with zero attached hydrogens (tertiary/aromatic N) is 1. The Morgan fingerprint density at radius 3 is 2.53 bits per heavy atom. The largest absolute Gasteiger partial charge is 0.311 e. The Hall–Kier alpha value is -1.40. The van der Waals surface area contributed by atoms with Crippen LogP contribution in [0.25, 0.3) is 0 Å². The molecule has 1 aromatic carbocycles. The predicted molar refractivity (Wildman–Crippen MR) is 65.0 cm³/mol. The topological polar surface area (TPSA) is 80.5 Å². The molecule has 1 aromatic rings. The Morgan fingerprint density at radius 2 is 2.00 bits per heavy atom. The van der Waals surface area contributed by atoms with Crippen LogP contribution in [-0.2, 0) is 14.8 Å². The smallest absolute Gasteiger partial charge is 0.228 e. The van der Waals surface area contributed by atoms with E-state index in [1.807, 2.05) is 25.1 Å². The lowest BCUT2D eigenvalue weighted by atomic mass is 10.2. The Bertz CT molecular complexity index is 554. The molecule has 1 aliphatic heterocycles. The Labute approximate surface area is 100 Å². The van der Waals surface area contributed by atoms with Crippen molar-refractivity contribution < 1.29 is 13.2 Å². The average Bonchev–Trinajstić information content (AvgIpc) is 2.61. The molecule has 0 aromatic heterocycles. The SMILES string of the molecule is Cc1ccccc1N1CC(S(N)(=O)=O)CC1=O. The highest BCUT2D eigenvalue weighted by Crippen LogP contribution is 2.26. The highest BCUT2D eigenvalue weighted by molar-refractivity contribution is 7.89. The van der Waals surface area contributed by atoms with Gasteiger partial charge in [-0.15, -0.1) is 0 Å². The van der Waals surface area contributed by atoms with Gasteiger partial charge in [0.25, 0.3) is 0 Å². The van der Waals surface area contributed by atoms with E-state index in [9.17, 15) is 13.2 Å². The van der Waals surface area contributed by atoms with Crippen LogP contribution in [0.3, 0.4) is 0 Å². The van der Waals surface area contributed by atoms with Gasteiger partial charge in [-0.3, -0.25) is 4.79 Å².